The molecule has 2 aliphatic rings. The van der Waals surface area contributed by atoms with Crippen LogP contribution < -0.4 is 0 Å². The van der Waals surface area contributed by atoms with Crippen LogP contribution in [0.25, 0.3) is 0 Å². The third kappa shape index (κ3) is 3.64. The first-order valence-corrected chi connectivity index (χ1v) is 7.70. The van der Waals surface area contributed by atoms with Crippen LogP contribution in [0, 0.1) is 0 Å². The predicted molar refractivity (Wildman–Crippen MR) is 79.9 cm³/mol. The molecule has 0 aromatic carbocycles. The van der Waals surface area contributed by atoms with E-state index in [9.17, 15) is 4.79 Å². The molecule has 0 unspecified atom stereocenters. The summed E-state index contributed by atoms with van der Waals surface area (Å²) in [4.78, 5) is 19.0. The summed E-state index contributed by atoms with van der Waals surface area (Å²) in [7, 11) is 2.17. The average Bonchev–Trinajstić information content (AvgIpc) is 2.70. The van der Waals surface area contributed by atoms with E-state index in [1.165, 1.54) is 0 Å². The molecule has 2 fully saturated rings. The zero-order valence-corrected chi connectivity index (χ0v) is 13.6. The van der Waals surface area contributed by atoms with Gasteiger partial charge in [-0.3, -0.25) is 4.90 Å². The number of hydrogen-bond donors (Lipinski definition) is 0. The molecule has 0 bridgehead atoms. The Kier molecular flexibility index (Phi) is 4.59. The molecule has 1 amide bonds. The van der Waals surface area contributed by atoms with Crippen LogP contribution in [0.3, 0.4) is 0 Å². The van der Waals surface area contributed by atoms with Crippen LogP contribution in [-0.2, 0) is 4.74 Å². The Balaban J connectivity index is 1.92. The molecule has 0 radical (unpaired) electrons. The number of piperazine rings is 1. The van der Waals surface area contributed by atoms with Gasteiger partial charge in [-0.05, 0) is 41.2 Å². The van der Waals surface area contributed by atoms with Gasteiger partial charge in [-0.1, -0.05) is 0 Å². The molecule has 0 aromatic heterocycles. The van der Waals surface area contributed by atoms with E-state index < -0.39 is 5.60 Å². The molecule has 116 valence electrons. The van der Waals surface area contributed by atoms with Gasteiger partial charge in [0, 0.05) is 44.8 Å². The lowest BCUT2D eigenvalue weighted by Gasteiger charge is -2.38. The van der Waals surface area contributed by atoms with Crippen LogP contribution >= 0.6 is 0 Å². The summed E-state index contributed by atoms with van der Waals surface area (Å²) in [6.45, 7) is 13.2. The van der Waals surface area contributed by atoms with Gasteiger partial charge >= 0.3 is 6.09 Å². The number of carbonyl (C=O) groups excluding carboxylic acids is 1. The number of amides is 1. The summed E-state index contributed by atoms with van der Waals surface area (Å²) in [5, 5.41) is 0. The maximum atomic E-state index is 12.2. The quantitative estimate of drug-likeness (QED) is 0.733. The van der Waals surface area contributed by atoms with Crippen LogP contribution in [0.4, 0.5) is 4.79 Å². The van der Waals surface area contributed by atoms with Crippen molar-refractivity contribution in [1.29, 1.82) is 0 Å². The minimum absolute atomic E-state index is 0.165. The first-order valence-electron chi connectivity index (χ1n) is 7.70. The first-order chi connectivity index (χ1) is 9.28. The fraction of sp³-hybridized carbons (Fsp3) is 0.933. The molecule has 5 heteroatoms. The van der Waals surface area contributed by atoms with Gasteiger partial charge in [0.15, 0.2) is 0 Å². The third-order valence-corrected chi connectivity index (χ3v) is 4.35. The molecule has 5 nitrogen and oxygen atoms in total. The fourth-order valence-electron chi connectivity index (χ4n) is 3.14. The molecule has 2 heterocycles. The van der Waals surface area contributed by atoms with E-state index in [-0.39, 0.29) is 12.1 Å². The summed E-state index contributed by atoms with van der Waals surface area (Å²) < 4.78 is 5.51. The van der Waals surface area contributed by atoms with Crippen molar-refractivity contribution in [2.45, 2.75) is 51.8 Å². The van der Waals surface area contributed by atoms with Gasteiger partial charge in [0.25, 0.3) is 0 Å². The van der Waals surface area contributed by atoms with E-state index in [2.05, 4.69) is 23.8 Å². The number of ether oxygens (including phenoxy) is 1. The predicted octanol–water partition coefficient (Wildman–Crippen LogP) is 1.63. The number of likely N-dealkylation sites (N-methyl/N-ethyl adjacent to an activating group) is 1. The van der Waals surface area contributed by atoms with Gasteiger partial charge in [-0.15, -0.1) is 0 Å². The normalized spacial score (nSPS) is 29.8. The van der Waals surface area contributed by atoms with Crippen molar-refractivity contribution in [2.75, 3.05) is 39.8 Å². The Hall–Kier alpha value is -0.810. The number of rotatable bonds is 1. The second-order valence-corrected chi connectivity index (χ2v) is 7.11. The molecule has 0 N–H and O–H groups in total. The Bertz CT molecular complexity index is 346. The van der Waals surface area contributed by atoms with Crippen molar-refractivity contribution < 1.29 is 9.53 Å². The van der Waals surface area contributed by atoms with E-state index in [1.54, 1.807) is 0 Å². The zero-order valence-electron chi connectivity index (χ0n) is 13.6. The summed E-state index contributed by atoms with van der Waals surface area (Å²) in [6.07, 6.45) is 0.894. The molecule has 0 aliphatic carbocycles. The summed E-state index contributed by atoms with van der Waals surface area (Å²) in [5.74, 6) is 0. The van der Waals surface area contributed by atoms with Gasteiger partial charge in [0.05, 0.1) is 0 Å². The Morgan fingerprint density at radius 2 is 1.70 bits per heavy atom. The highest BCUT2D eigenvalue weighted by Gasteiger charge is 2.39. The number of nitrogens with zero attached hydrogens (tertiary/aromatic N) is 3. The van der Waals surface area contributed by atoms with Crippen molar-refractivity contribution in [2.24, 2.45) is 0 Å². The third-order valence-electron chi connectivity index (χ3n) is 4.35. The van der Waals surface area contributed by atoms with E-state index in [4.69, 9.17) is 4.74 Å². The van der Waals surface area contributed by atoms with E-state index >= 15 is 0 Å². The molecule has 20 heavy (non-hydrogen) atoms. The Labute approximate surface area is 122 Å². The molecular weight excluding hydrogens is 254 g/mol. The second kappa shape index (κ2) is 5.90. The molecule has 0 saturated carbocycles. The molecule has 0 spiro atoms. The van der Waals surface area contributed by atoms with Crippen molar-refractivity contribution in [3.63, 3.8) is 0 Å². The summed E-state index contributed by atoms with van der Waals surface area (Å²) in [5.41, 5.74) is -0.414. The van der Waals surface area contributed by atoms with Crippen molar-refractivity contribution in [3.8, 4) is 0 Å². The minimum Gasteiger partial charge on any atom is -0.444 e. The van der Waals surface area contributed by atoms with Crippen LogP contribution in [-0.4, -0.2) is 78.2 Å². The number of likely N-dealkylation sites (tertiary alicyclic amines) is 1. The van der Waals surface area contributed by atoms with Crippen LogP contribution in [0.1, 0.15) is 34.1 Å². The Morgan fingerprint density at radius 1 is 1.10 bits per heavy atom. The molecule has 2 saturated heterocycles. The molecule has 0 aromatic rings. The SMILES string of the molecule is C[C@@H]1[C@H](N2CCN(C)CC2)CCN1C(=O)OC(C)(C)C. The lowest BCUT2D eigenvalue weighted by Crippen LogP contribution is -2.53. The minimum atomic E-state index is -0.414. The largest absolute Gasteiger partial charge is 0.444 e. The monoisotopic (exact) mass is 283 g/mol. The van der Waals surface area contributed by atoms with Crippen molar-refractivity contribution in [3.05, 3.63) is 0 Å². The Morgan fingerprint density at radius 3 is 2.25 bits per heavy atom. The van der Waals surface area contributed by atoms with Gasteiger partial charge < -0.3 is 14.5 Å². The van der Waals surface area contributed by atoms with Gasteiger partial charge in [0.1, 0.15) is 5.60 Å². The lowest BCUT2D eigenvalue weighted by atomic mass is 10.1. The molecule has 2 atom stereocenters. The van der Waals surface area contributed by atoms with Crippen molar-refractivity contribution in [1.82, 2.24) is 14.7 Å². The zero-order chi connectivity index (χ0) is 14.9. The molecular formula is C15H29N3O2. The van der Waals surface area contributed by atoms with Crippen LogP contribution in [0.2, 0.25) is 0 Å². The van der Waals surface area contributed by atoms with Crippen molar-refractivity contribution >= 4 is 6.09 Å². The lowest BCUT2D eigenvalue weighted by molar-refractivity contribution is 0.0184. The highest BCUT2D eigenvalue weighted by atomic mass is 16.6. The molecule has 2 aliphatic heterocycles. The van der Waals surface area contributed by atoms with Crippen LogP contribution in [0.15, 0.2) is 0 Å². The fourth-order valence-corrected chi connectivity index (χ4v) is 3.14. The first kappa shape index (κ1) is 15.6. The van der Waals surface area contributed by atoms with Gasteiger partial charge in [0.2, 0.25) is 0 Å². The smallest absolute Gasteiger partial charge is 0.410 e. The van der Waals surface area contributed by atoms with E-state index in [1.807, 2.05) is 25.7 Å². The number of carbonyl (C=O) groups is 1. The van der Waals surface area contributed by atoms with Crippen LogP contribution in [0.5, 0.6) is 0 Å². The van der Waals surface area contributed by atoms with E-state index in [0.29, 0.717) is 6.04 Å². The standard InChI is InChI=1S/C15H29N3O2/c1-12-13(17-10-8-16(5)9-11-17)6-7-18(12)14(19)20-15(2,3)4/h12-13H,6-11H2,1-5H3/t12-,13-/m1/s1. The average molecular weight is 283 g/mol. The second-order valence-electron chi connectivity index (χ2n) is 7.11. The number of hydrogen-bond acceptors (Lipinski definition) is 4. The topological polar surface area (TPSA) is 36.0 Å². The van der Waals surface area contributed by atoms with E-state index in [0.717, 1.165) is 39.1 Å². The molecule has 2 rings (SSSR count). The summed E-state index contributed by atoms with van der Waals surface area (Å²) >= 11 is 0. The highest BCUT2D eigenvalue weighted by Crippen LogP contribution is 2.25. The highest BCUT2D eigenvalue weighted by molar-refractivity contribution is 5.69. The van der Waals surface area contributed by atoms with Gasteiger partial charge in [-0.2, -0.15) is 0 Å². The maximum absolute atomic E-state index is 12.2. The van der Waals surface area contributed by atoms with Gasteiger partial charge in [-0.25, -0.2) is 4.79 Å². The maximum Gasteiger partial charge on any atom is 0.410 e. The summed E-state index contributed by atoms with van der Waals surface area (Å²) in [6, 6.07) is 0.726.